The molecule has 25 heavy (non-hydrogen) atoms. The smallest absolute Gasteiger partial charge is 0.356 e. The van der Waals surface area contributed by atoms with Crippen LogP contribution in [0.25, 0.3) is 0 Å². The average Bonchev–Trinajstić information content (AvgIpc) is 2.57. The van der Waals surface area contributed by atoms with Crippen LogP contribution < -0.4 is 5.32 Å². The van der Waals surface area contributed by atoms with E-state index < -0.39 is 28.0 Å². The van der Waals surface area contributed by atoms with Crippen molar-refractivity contribution in [3.05, 3.63) is 24.0 Å². The van der Waals surface area contributed by atoms with Gasteiger partial charge in [-0.05, 0) is 19.1 Å². The van der Waals surface area contributed by atoms with Crippen molar-refractivity contribution < 1.29 is 32.6 Å². The molecule has 1 amide bonds. The molecule has 0 bridgehead atoms. The maximum Gasteiger partial charge on any atom is 0.356 e. The number of aromatic nitrogens is 1. The van der Waals surface area contributed by atoms with Gasteiger partial charge in [-0.3, -0.25) is 9.59 Å². The third kappa shape index (κ3) is 5.22. The van der Waals surface area contributed by atoms with E-state index in [2.05, 4.69) is 15.0 Å². The zero-order valence-corrected chi connectivity index (χ0v) is 14.7. The first-order chi connectivity index (χ1) is 11.6. The summed E-state index contributed by atoms with van der Waals surface area (Å²) in [5.41, 5.74) is -0.0856. The van der Waals surface area contributed by atoms with Gasteiger partial charge in [0.25, 0.3) is 0 Å². The minimum absolute atomic E-state index is 0.0557. The first-order valence-electron chi connectivity index (χ1n) is 7.14. The van der Waals surface area contributed by atoms with Gasteiger partial charge in [-0.1, -0.05) is 0 Å². The number of sulfonamides is 1. The number of carboxylic acid groups (broad SMARTS) is 1. The molecular weight excluding hydrogens is 354 g/mol. The predicted molar refractivity (Wildman–Crippen MR) is 85.2 cm³/mol. The number of carboxylic acids is 1. The van der Waals surface area contributed by atoms with Crippen molar-refractivity contribution in [2.75, 3.05) is 20.2 Å². The van der Waals surface area contributed by atoms with Gasteiger partial charge in [0.15, 0.2) is 0 Å². The number of amides is 1. The van der Waals surface area contributed by atoms with Crippen LogP contribution in [0.2, 0.25) is 0 Å². The Balaban J connectivity index is 3.14. The quantitative estimate of drug-likeness (QED) is 0.579. The van der Waals surface area contributed by atoms with Crippen LogP contribution >= 0.6 is 0 Å². The fourth-order valence-corrected chi connectivity index (χ4v) is 3.42. The van der Waals surface area contributed by atoms with Crippen LogP contribution in [-0.2, 0) is 24.3 Å². The van der Waals surface area contributed by atoms with Gasteiger partial charge < -0.3 is 15.2 Å². The van der Waals surface area contributed by atoms with Crippen LogP contribution in [0.3, 0.4) is 0 Å². The van der Waals surface area contributed by atoms with E-state index >= 15 is 0 Å². The highest BCUT2D eigenvalue weighted by atomic mass is 32.2. The predicted octanol–water partition coefficient (Wildman–Crippen LogP) is -0.532. The number of methoxy groups -OCH3 is 1. The second-order valence-corrected chi connectivity index (χ2v) is 6.87. The molecule has 1 unspecified atom stereocenters. The molecule has 0 aliphatic heterocycles. The summed E-state index contributed by atoms with van der Waals surface area (Å²) in [6.07, 6.45) is 0.946. The van der Waals surface area contributed by atoms with E-state index in [1.807, 2.05) is 0 Å². The Hall–Kier alpha value is -2.53. The SMILES string of the molecule is COC(=O)c1ccc(S(=O)(=O)N(CCNC(C)=O)C(C)C(=O)O)cn1. The molecule has 138 valence electrons. The Kier molecular flexibility index (Phi) is 7.00. The van der Waals surface area contributed by atoms with Crippen LogP contribution in [0.4, 0.5) is 0 Å². The number of ether oxygens (including phenoxy) is 1. The van der Waals surface area contributed by atoms with Crippen molar-refractivity contribution >= 4 is 27.9 Å². The van der Waals surface area contributed by atoms with E-state index in [1.165, 1.54) is 13.8 Å². The van der Waals surface area contributed by atoms with Crippen molar-refractivity contribution in [2.45, 2.75) is 24.8 Å². The highest BCUT2D eigenvalue weighted by Gasteiger charge is 2.33. The fourth-order valence-electron chi connectivity index (χ4n) is 1.88. The number of esters is 1. The highest BCUT2D eigenvalue weighted by molar-refractivity contribution is 7.89. The van der Waals surface area contributed by atoms with E-state index in [1.54, 1.807) is 0 Å². The molecule has 1 rings (SSSR count). The largest absolute Gasteiger partial charge is 0.480 e. The molecule has 0 spiro atoms. The fraction of sp³-hybridized carbons (Fsp3) is 0.429. The lowest BCUT2D eigenvalue weighted by Gasteiger charge is -2.25. The number of rotatable bonds is 8. The van der Waals surface area contributed by atoms with Gasteiger partial charge in [0.1, 0.15) is 16.6 Å². The van der Waals surface area contributed by atoms with E-state index in [0.29, 0.717) is 0 Å². The number of carbonyl (C=O) groups is 3. The molecule has 0 fully saturated rings. The molecule has 10 nitrogen and oxygen atoms in total. The summed E-state index contributed by atoms with van der Waals surface area (Å²) in [6, 6.07) is 0.934. The van der Waals surface area contributed by atoms with Crippen molar-refractivity contribution in [2.24, 2.45) is 0 Å². The normalized spacial score (nSPS) is 12.5. The van der Waals surface area contributed by atoms with Crippen LogP contribution in [0.5, 0.6) is 0 Å². The molecule has 0 saturated carbocycles. The number of nitrogens with one attached hydrogen (secondary N) is 1. The number of hydrogen-bond acceptors (Lipinski definition) is 7. The number of aliphatic carboxylic acids is 1. The van der Waals surface area contributed by atoms with Gasteiger partial charge >= 0.3 is 11.9 Å². The molecule has 0 radical (unpaired) electrons. The van der Waals surface area contributed by atoms with Crippen molar-refractivity contribution in [1.82, 2.24) is 14.6 Å². The van der Waals surface area contributed by atoms with Gasteiger partial charge in [0.05, 0.1) is 7.11 Å². The van der Waals surface area contributed by atoms with Crippen molar-refractivity contribution in [1.29, 1.82) is 0 Å². The number of pyridine rings is 1. The summed E-state index contributed by atoms with van der Waals surface area (Å²) in [7, 11) is -3.05. The molecule has 2 N–H and O–H groups in total. The molecule has 0 aliphatic rings. The molecule has 0 aromatic carbocycles. The third-order valence-corrected chi connectivity index (χ3v) is 5.19. The third-order valence-electron chi connectivity index (χ3n) is 3.23. The minimum atomic E-state index is -4.21. The summed E-state index contributed by atoms with van der Waals surface area (Å²) < 4.78 is 30.6. The summed E-state index contributed by atoms with van der Waals surface area (Å²) in [5, 5.41) is 11.6. The molecule has 1 atom stereocenters. The second kappa shape index (κ2) is 8.53. The van der Waals surface area contributed by atoms with Gasteiger partial charge in [-0.2, -0.15) is 4.31 Å². The molecule has 1 aromatic heterocycles. The molecule has 0 saturated heterocycles. The van der Waals surface area contributed by atoms with Crippen LogP contribution in [0, 0.1) is 0 Å². The molecule has 11 heteroatoms. The Morgan fingerprint density at radius 1 is 1.36 bits per heavy atom. The Labute approximate surface area is 144 Å². The lowest BCUT2D eigenvalue weighted by atomic mass is 10.3. The monoisotopic (exact) mass is 373 g/mol. The Bertz CT molecular complexity index is 746. The topological polar surface area (TPSA) is 143 Å². The lowest BCUT2D eigenvalue weighted by molar-refractivity contribution is -0.140. The maximum atomic E-state index is 12.7. The average molecular weight is 373 g/mol. The van der Waals surface area contributed by atoms with Crippen molar-refractivity contribution in [3.63, 3.8) is 0 Å². The Morgan fingerprint density at radius 2 is 2.00 bits per heavy atom. The van der Waals surface area contributed by atoms with E-state index in [0.717, 1.165) is 29.7 Å². The first-order valence-corrected chi connectivity index (χ1v) is 8.58. The zero-order chi connectivity index (χ0) is 19.2. The summed E-state index contributed by atoms with van der Waals surface area (Å²) in [5.74, 6) is -2.44. The van der Waals surface area contributed by atoms with Gasteiger partial charge in [0, 0.05) is 26.2 Å². The van der Waals surface area contributed by atoms with E-state index in [9.17, 15) is 22.8 Å². The minimum Gasteiger partial charge on any atom is -0.480 e. The molecule has 0 aliphatic carbocycles. The maximum absolute atomic E-state index is 12.7. The summed E-state index contributed by atoms with van der Waals surface area (Å²) in [4.78, 5) is 36.9. The van der Waals surface area contributed by atoms with Gasteiger partial charge in [0.2, 0.25) is 15.9 Å². The molecule has 1 heterocycles. The standard InChI is InChI=1S/C14H19N3O7S/c1-9(13(19)20)17(7-6-15-10(2)18)25(22,23)11-4-5-12(16-8-11)14(21)24-3/h4-5,8-9H,6-7H2,1-3H3,(H,15,18)(H,19,20). The lowest BCUT2D eigenvalue weighted by Crippen LogP contribution is -2.46. The Morgan fingerprint density at radius 3 is 2.44 bits per heavy atom. The van der Waals surface area contributed by atoms with E-state index in [-0.39, 0.29) is 29.6 Å². The van der Waals surface area contributed by atoms with Gasteiger partial charge in [-0.15, -0.1) is 0 Å². The number of hydrogen-bond donors (Lipinski definition) is 2. The van der Waals surface area contributed by atoms with Gasteiger partial charge in [-0.25, -0.2) is 18.2 Å². The molecular formula is C14H19N3O7S. The summed E-state index contributed by atoms with van der Waals surface area (Å²) >= 11 is 0. The summed E-state index contributed by atoms with van der Waals surface area (Å²) in [6.45, 7) is 2.17. The zero-order valence-electron chi connectivity index (χ0n) is 13.9. The second-order valence-electron chi connectivity index (χ2n) is 4.98. The first kappa shape index (κ1) is 20.5. The van der Waals surface area contributed by atoms with Crippen LogP contribution in [0.1, 0.15) is 24.3 Å². The van der Waals surface area contributed by atoms with Crippen LogP contribution in [0.15, 0.2) is 23.2 Å². The number of nitrogens with zero attached hydrogens (tertiary/aromatic N) is 2. The number of carbonyl (C=O) groups excluding carboxylic acids is 2. The van der Waals surface area contributed by atoms with Crippen molar-refractivity contribution in [3.8, 4) is 0 Å². The van der Waals surface area contributed by atoms with E-state index in [4.69, 9.17) is 5.11 Å². The molecule has 1 aromatic rings. The highest BCUT2D eigenvalue weighted by Crippen LogP contribution is 2.18. The van der Waals surface area contributed by atoms with Crippen LogP contribution in [-0.4, -0.2) is 66.9 Å².